The summed E-state index contributed by atoms with van der Waals surface area (Å²) in [7, 11) is 1.68. The number of nitrogens with zero attached hydrogens (tertiary/aromatic N) is 5. The molecule has 0 unspecified atom stereocenters. The van der Waals surface area contributed by atoms with Crippen LogP contribution in [0.1, 0.15) is 5.56 Å². The van der Waals surface area contributed by atoms with Gasteiger partial charge in [0.25, 0.3) is 5.56 Å². The third-order valence-corrected chi connectivity index (χ3v) is 6.08. The Morgan fingerprint density at radius 1 is 1.08 bits per heavy atom. The quantitative estimate of drug-likeness (QED) is 0.689. The van der Waals surface area contributed by atoms with Crippen LogP contribution in [0.3, 0.4) is 0 Å². The van der Waals surface area contributed by atoms with Crippen LogP contribution < -0.4 is 15.4 Å². The average molecular weight is 376 g/mol. The number of fused-ring (bicyclic) bond motifs is 1. The second-order valence-corrected chi connectivity index (χ2v) is 7.55. The van der Waals surface area contributed by atoms with Gasteiger partial charge in [0.05, 0.1) is 15.2 Å². The van der Waals surface area contributed by atoms with Gasteiger partial charge in [-0.2, -0.15) is 5.10 Å². The van der Waals surface area contributed by atoms with Crippen molar-refractivity contribution in [3.8, 4) is 0 Å². The monoisotopic (exact) mass is 375 g/mol. The number of benzene rings is 1. The third kappa shape index (κ3) is 2.98. The van der Waals surface area contributed by atoms with Crippen LogP contribution in [0.2, 0.25) is 5.02 Å². The molecule has 25 heavy (non-hydrogen) atoms. The molecule has 1 fully saturated rings. The molecule has 0 aliphatic carbocycles. The maximum Gasteiger partial charge on any atom is 0.266 e. The molecule has 130 valence electrons. The van der Waals surface area contributed by atoms with E-state index in [-0.39, 0.29) is 5.56 Å². The number of hydrogen-bond donors (Lipinski definition) is 0. The molecule has 0 saturated carbocycles. The van der Waals surface area contributed by atoms with E-state index in [0.29, 0.717) is 0 Å². The largest absolute Gasteiger partial charge is 0.352 e. The normalized spacial score (nSPS) is 15.2. The van der Waals surface area contributed by atoms with E-state index >= 15 is 0 Å². The summed E-state index contributed by atoms with van der Waals surface area (Å²) in [6.45, 7) is 5.47. The lowest BCUT2D eigenvalue weighted by Crippen LogP contribution is -2.47. The molecule has 2 aromatic heterocycles. The van der Waals surface area contributed by atoms with Crippen LogP contribution in [0.25, 0.3) is 10.2 Å². The Balaban J connectivity index is 1.54. The standard InChI is InChI=1S/C17H18ClN5OS/c1-11-3-4-12(18)16-15(11)19-17(25-16)23-9-7-22(8-10-23)13-5-6-14(24)21(2)20-13/h3-6H,7-10H2,1-2H3. The molecular formula is C17H18ClN5OS. The number of rotatable bonds is 2. The van der Waals surface area contributed by atoms with Gasteiger partial charge >= 0.3 is 0 Å². The minimum absolute atomic E-state index is 0.0934. The Morgan fingerprint density at radius 2 is 1.80 bits per heavy atom. The zero-order valence-corrected chi connectivity index (χ0v) is 15.6. The lowest BCUT2D eigenvalue weighted by molar-refractivity contribution is 0.623. The molecular weight excluding hydrogens is 358 g/mol. The Kier molecular flexibility index (Phi) is 4.13. The van der Waals surface area contributed by atoms with E-state index in [1.165, 1.54) is 4.68 Å². The maximum atomic E-state index is 11.5. The molecule has 1 aliphatic heterocycles. The van der Waals surface area contributed by atoms with E-state index in [9.17, 15) is 4.79 Å². The molecule has 0 amide bonds. The molecule has 0 spiro atoms. The molecule has 3 aromatic rings. The van der Waals surface area contributed by atoms with Crippen LogP contribution in [-0.4, -0.2) is 40.9 Å². The third-order valence-electron chi connectivity index (χ3n) is 4.51. The number of anilines is 2. The van der Waals surface area contributed by atoms with Gasteiger partial charge in [-0.25, -0.2) is 9.67 Å². The van der Waals surface area contributed by atoms with Crippen molar-refractivity contribution in [1.82, 2.24) is 14.8 Å². The van der Waals surface area contributed by atoms with Crippen molar-refractivity contribution in [3.05, 3.63) is 45.2 Å². The number of hydrogen-bond acceptors (Lipinski definition) is 6. The first-order chi connectivity index (χ1) is 12.0. The fourth-order valence-electron chi connectivity index (χ4n) is 3.01. The SMILES string of the molecule is Cc1ccc(Cl)c2sc(N3CCN(c4ccc(=O)n(C)n4)CC3)nc12. The van der Waals surface area contributed by atoms with Crippen molar-refractivity contribution < 1.29 is 0 Å². The van der Waals surface area contributed by atoms with Crippen molar-refractivity contribution in [2.75, 3.05) is 36.0 Å². The summed E-state index contributed by atoms with van der Waals surface area (Å²) in [6.07, 6.45) is 0. The molecule has 0 radical (unpaired) electrons. The van der Waals surface area contributed by atoms with Crippen LogP contribution in [0.5, 0.6) is 0 Å². The predicted octanol–water partition coefficient (Wildman–Crippen LogP) is 2.68. The summed E-state index contributed by atoms with van der Waals surface area (Å²) in [4.78, 5) is 20.8. The Bertz CT molecular complexity index is 951. The zero-order valence-electron chi connectivity index (χ0n) is 14.1. The van der Waals surface area contributed by atoms with Crippen LogP contribution in [0, 0.1) is 6.92 Å². The number of halogens is 1. The summed E-state index contributed by atoms with van der Waals surface area (Å²) in [5.74, 6) is 0.838. The van der Waals surface area contributed by atoms with E-state index in [4.69, 9.17) is 16.6 Å². The predicted molar refractivity (Wildman–Crippen MR) is 103 cm³/mol. The van der Waals surface area contributed by atoms with Gasteiger partial charge in [0.1, 0.15) is 5.82 Å². The topological polar surface area (TPSA) is 54.3 Å². The molecule has 4 rings (SSSR count). The van der Waals surface area contributed by atoms with Gasteiger partial charge < -0.3 is 9.80 Å². The van der Waals surface area contributed by atoms with Crippen LogP contribution in [0.4, 0.5) is 10.9 Å². The first-order valence-electron chi connectivity index (χ1n) is 8.13. The minimum Gasteiger partial charge on any atom is -0.352 e. The highest BCUT2D eigenvalue weighted by Crippen LogP contribution is 2.35. The minimum atomic E-state index is -0.0934. The molecule has 1 aromatic carbocycles. The van der Waals surface area contributed by atoms with Gasteiger partial charge in [-0.3, -0.25) is 4.79 Å². The molecule has 1 aliphatic rings. The first-order valence-corrected chi connectivity index (χ1v) is 9.32. The smallest absolute Gasteiger partial charge is 0.266 e. The van der Waals surface area contributed by atoms with Gasteiger partial charge in [0.15, 0.2) is 5.13 Å². The van der Waals surface area contributed by atoms with Gasteiger partial charge in [-0.05, 0) is 24.6 Å². The van der Waals surface area contributed by atoms with Gasteiger partial charge in [-0.15, -0.1) is 0 Å². The first kappa shape index (κ1) is 16.4. The Morgan fingerprint density at radius 3 is 2.48 bits per heavy atom. The van der Waals surface area contributed by atoms with E-state index in [2.05, 4.69) is 21.8 Å². The van der Waals surface area contributed by atoms with Crippen molar-refractivity contribution >= 4 is 44.1 Å². The maximum absolute atomic E-state index is 11.5. The molecule has 0 N–H and O–H groups in total. The molecule has 1 saturated heterocycles. The second-order valence-electron chi connectivity index (χ2n) is 6.17. The van der Waals surface area contributed by atoms with E-state index in [0.717, 1.165) is 57.9 Å². The van der Waals surface area contributed by atoms with Crippen molar-refractivity contribution in [2.45, 2.75) is 6.92 Å². The molecule has 6 nitrogen and oxygen atoms in total. The summed E-state index contributed by atoms with van der Waals surface area (Å²) >= 11 is 7.97. The van der Waals surface area contributed by atoms with Crippen LogP contribution in [0.15, 0.2) is 29.1 Å². The highest BCUT2D eigenvalue weighted by molar-refractivity contribution is 7.22. The lowest BCUT2D eigenvalue weighted by Gasteiger charge is -2.35. The van der Waals surface area contributed by atoms with Crippen molar-refractivity contribution in [1.29, 1.82) is 0 Å². The summed E-state index contributed by atoms with van der Waals surface area (Å²) in [6, 6.07) is 7.30. The fraction of sp³-hybridized carbons (Fsp3) is 0.353. The molecule has 8 heteroatoms. The molecule has 0 atom stereocenters. The van der Waals surface area contributed by atoms with Gasteiger partial charge in [0.2, 0.25) is 0 Å². The van der Waals surface area contributed by atoms with Crippen molar-refractivity contribution in [2.24, 2.45) is 7.05 Å². The molecule has 0 bridgehead atoms. The Labute approximate surface area is 154 Å². The Hall–Kier alpha value is -2.12. The second kappa shape index (κ2) is 6.31. The highest BCUT2D eigenvalue weighted by Gasteiger charge is 2.22. The van der Waals surface area contributed by atoms with E-state index in [1.54, 1.807) is 30.5 Å². The summed E-state index contributed by atoms with van der Waals surface area (Å²) in [5, 5.41) is 6.11. The lowest BCUT2D eigenvalue weighted by atomic mass is 10.2. The van der Waals surface area contributed by atoms with Gasteiger partial charge in [0, 0.05) is 39.3 Å². The fourth-order valence-corrected chi connectivity index (χ4v) is 4.38. The zero-order chi connectivity index (χ0) is 17.6. The number of aryl methyl sites for hydroxylation is 2. The number of thiazole rings is 1. The van der Waals surface area contributed by atoms with Gasteiger partial charge in [-0.1, -0.05) is 29.0 Å². The van der Waals surface area contributed by atoms with Crippen LogP contribution >= 0.6 is 22.9 Å². The average Bonchev–Trinajstić information content (AvgIpc) is 3.08. The summed E-state index contributed by atoms with van der Waals surface area (Å²) in [5.41, 5.74) is 2.05. The summed E-state index contributed by atoms with van der Waals surface area (Å²) < 4.78 is 2.43. The number of aromatic nitrogens is 3. The molecule has 3 heterocycles. The van der Waals surface area contributed by atoms with E-state index in [1.807, 2.05) is 12.1 Å². The van der Waals surface area contributed by atoms with Crippen LogP contribution in [-0.2, 0) is 7.05 Å². The highest BCUT2D eigenvalue weighted by atomic mass is 35.5. The number of piperazine rings is 1. The van der Waals surface area contributed by atoms with Crippen molar-refractivity contribution in [3.63, 3.8) is 0 Å². The van der Waals surface area contributed by atoms with E-state index < -0.39 is 0 Å².